The highest BCUT2D eigenvalue weighted by Gasteiger charge is 2.38. The van der Waals surface area contributed by atoms with E-state index >= 15 is 0 Å². The van der Waals surface area contributed by atoms with E-state index in [-0.39, 0.29) is 5.91 Å². The Bertz CT molecular complexity index is 479. The Morgan fingerprint density at radius 1 is 1.35 bits per heavy atom. The van der Waals surface area contributed by atoms with E-state index in [1.165, 1.54) is 0 Å². The molecule has 0 saturated heterocycles. The van der Waals surface area contributed by atoms with E-state index in [1.54, 1.807) is 0 Å². The van der Waals surface area contributed by atoms with E-state index in [9.17, 15) is 4.79 Å². The van der Waals surface area contributed by atoms with Crippen molar-refractivity contribution in [1.82, 2.24) is 5.32 Å². The first-order chi connectivity index (χ1) is 9.52. The summed E-state index contributed by atoms with van der Waals surface area (Å²) in [5, 5.41) is 3.10. The summed E-state index contributed by atoms with van der Waals surface area (Å²) < 4.78 is 0. The topological polar surface area (TPSA) is 55.1 Å². The number of benzene rings is 1. The van der Waals surface area contributed by atoms with Gasteiger partial charge in [-0.25, -0.2) is 0 Å². The van der Waals surface area contributed by atoms with Crippen LogP contribution in [0.25, 0.3) is 0 Å². The van der Waals surface area contributed by atoms with Gasteiger partial charge in [-0.3, -0.25) is 4.79 Å². The average Bonchev–Trinajstić information content (AvgIpc) is 2.42. The molecule has 20 heavy (non-hydrogen) atoms. The smallest absolute Gasteiger partial charge is 0.225 e. The molecule has 0 aliphatic heterocycles. The summed E-state index contributed by atoms with van der Waals surface area (Å²) in [6.07, 6.45) is 4.20. The fourth-order valence-corrected chi connectivity index (χ4v) is 3.04. The summed E-state index contributed by atoms with van der Waals surface area (Å²) in [6, 6.07) is 9.73. The Kier molecular flexibility index (Phi) is 4.76. The van der Waals surface area contributed by atoms with Crippen LogP contribution >= 0.6 is 12.2 Å². The second-order valence-electron chi connectivity index (χ2n) is 5.84. The number of carbonyl (C=O) groups is 1. The number of nitrogens with two attached hydrogens (primary N) is 1. The normalized spacial score (nSPS) is 25.9. The molecule has 1 aromatic rings. The van der Waals surface area contributed by atoms with Crippen LogP contribution in [-0.2, 0) is 11.2 Å². The Labute approximate surface area is 125 Å². The fourth-order valence-electron chi connectivity index (χ4n) is 2.78. The summed E-state index contributed by atoms with van der Waals surface area (Å²) in [7, 11) is 0. The van der Waals surface area contributed by atoms with Gasteiger partial charge in [-0.2, -0.15) is 0 Å². The van der Waals surface area contributed by atoms with Gasteiger partial charge in [0, 0.05) is 0 Å². The van der Waals surface area contributed by atoms with Gasteiger partial charge in [0.2, 0.25) is 5.91 Å². The molecule has 1 aliphatic carbocycles. The highest BCUT2D eigenvalue weighted by atomic mass is 32.1. The van der Waals surface area contributed by atoms with E-state index < -0.39 is 5.54 Å². The largest absolute Gasteiger partial charge is 0.391 e. The highest BCUT2D eigenvalue weighted by molar-refractivity contribution is 7.80. The van der Waals surface area contributed by atoms with Crippen molar-refractivity contribution < 1.29 is 4.79 Å². The Balaban J connectivity index is 2.02. The molecule has 108 valence electrons. The molecule has 3 nitrogen and oxygen atoms in total. The molecule has 0 radical (unpaired) electrons. The van der Waals surface area contributed by atoms with Gasteiger partial charge in [-0.1, -0.05) is 49.5 Å². The zero-order chi connectivity index (χ0) is 14.6. The van der Waals surface area contributed by atoms with Crippen LogP contribution in [0.15, 0.2) is 30.3 Å². The van der Waals surface area contributed by atoms with E-state index in [1.807, 2.05) is 30.3 Å². The van der Waals surface area contributed by atoms with Crippen LogP contribution in [0.5, 0.6) is 0 Å². The summed E-state index contributed by atoms with van der Waals surface area (Å²) in [4.78, 5) is 12.7. The van der Waals surface area contributed by atoms with Crippen molar-refractivity contribution in [1.29, 1.82) is 0 Å². The standard InChI is InChI=1S/C16H22N2OS/c1-12-7-9-16(10-8-12,15(17)20)18-14(19)11-13-5-3-2-4-6-13/h2-6,12H,7-11H2,1H3,(H2,17,20)(H,18,19). The molecule has 0 spiro atoms. The lowest BCUT2D eigenvalue weighted by atomic mass is 9.77. The lowest BCUT2D eigenvalue weighted by Crippen LogP contribution is -2.58. The Hall–Kier alpha value is -1.42. The number of hydrogen-bond acceptors (Lipinski definition) is 2. The minimum absolute atomic E-state index is 0.00134. The number of carbonyl (C=O) groups excluding carboxylic acids is 1. The maximum absolute atomic E-state index is 12.2. The average molecular weight is 290 g/mol. The van der Waals surface area contributed by atoms with Crippen LogP contribution in [0.3, 0.4) is 0 Å². The molecule has 4 heteroatoms. The van der Waals surface area contributed by atoms with Gasteiger partial charge in [0.05, 0.1) is 16.9 Å². The molecule has 2 rings (SSSR count). The molecule has 3 N–H and O–H groups in total. The summed E-state index contributed by atoms with van der Waals surface area (Å²) in [5.74, 6) is 0.682. The zero-order valence-corrected chi connectivity index (χ0v) is 12.7. The molecule has 0 bridgehead atoms. The highest BCUT2D eigenvalue weighted by Crippen LogP contribution is 2.32. The van der Waals surface area contributed by atoms with E-state index in [0.717, 1.165) is 31.2 Å². The first-order valence-electron chi connectivity index (χ1n) is 7.17. The molecule has 1 aromatic carbocycles. The van der Waals surface area contributed by atoms with Gasteiger partial charge >= 0.3 is 0 Å². The summed E-state index contributed by atoms with van der Waals surface area (Å²) >= 11 is 5.21. The third-order valence-corrected chi connectivity index (χ3v) is 4.58. The molecule has 0 heterocycles. The zero-order valence-electron chi connectivity index (χ0n) is 11.9. The van der Waals surface area contributed by atoms with Gasteiger partial charge in [-0.05, 0) is 37.2 Å². The van der Waals surface area contributed by atoms with Crippen LogP contribution in [0, 0.1) is 5.92 Å². The maximum atomic E-state index is 12.2. The van der Waals surface area contributed by atoms with Crippen molar-refractivity contribution in [2.75, 3.05) is 0 Å². The molecule has 0 aromatic heterocycles. The van der Waals surface area contributed by atoms with Gasteiger partial charge in [0.15, 0.2) is 0 Å². The van der Waals surface area contributed by atoms with Crippen LogP contribution in [0.2, 0.25) is 0 Å². The van der Waals surface area contributed by atoms with Crippen LogP contribution in [0.1, 0.15) is 38.2 Å². The van der Waals surface area contributed by atoms with E-state index in [4.69, 9.17) is 18.0 Å². The van der Waals surface area contributed by atoms with Crippen LogP contribution in [0.4, 0.5) is 0 Å². The summed E-state index contributed by atoms with van der Waals surface area (Å²) in [5.41, 5.74) is 6.43. The molecular weight excluding hydrogens is 268 g/mol. The van der Waals surface area contributed by atoms with Crippen molar-refractivity contribution in [3.05, 3.63) is 35.9 Å². The number of hydrogen-bond donors (Lipinski definition) is 2. The molecule has 1 saturated carbocycles. The lowest BCUT2D eigenvalue weighted by Gasteiger charge is -2.39. The third kappa shape index (κ3) is 3.57. The van der Waals surface area contributed by atoms with E-state index in [0.29, 0.717) is 17.3 Å². The van der Waals surface area contributed by atoms with Crippen molar-refractivity contribution in [2.45, 2.75) is 44.6 Å². The van der Waals surface area contributed by atoms with Gasteiger partial charge < -0.3 is 11.1 Å². The van der Waals surface area contributed by atoms with Crippen molar-refractivity contribution >= 4 is 23.1 Å². The molecule has 0 atom stereocenters. The van der Waals surface area contributed by atoms with E-state index in [2.05, 4.69) is 12.2 Å². The minimum Gasteiger partial charge on any atom is -0.391 e. The van der Waals surface area contributed by atoms with Crippen molar-refractivity contribution in [2.24, 2.45) is 11.7 Å². The van der Waals surface area contributed by atoms with Gasteiger partial charge in [0.1, 0.15) is 0 Å². The third-order valence-electron chi connectivity index (χ3n) is 4.19. The predicted octanol–water partition coefficient (Wildman–Crippen LogP) is 2.58. The first kappa shape index (κ1) is 15.0. The SMILES string of the molecule is CC1CCC(NC(=O)Cc2ccccc2)(C(N)=S)CC1. The minimum atomic E-state index is -0.478. The fraction of sp³-hybridized carbons (Fsp3) is 0.500. The Morgan fingerprint density at radius 2 is 1.95 bits per heavy atom. The van der Waals surface area contributed by atoms with Crippen LogP contribution < -0.4 is 11.1 Å². The number of thiocarbonyl (C=S) groups is 1. The van der Waals surface area contributed by atoms with Gasteiger partial charge in [0.25, 0.3) is 0 Å². The molecule has 0 unspecified atom stereocenters. The maximum Gasteiger partial charge on any atom is 0.225 e. The number of rotatable bonds is 4. The lowest BCUT2D eigenvalue weighted by molar-refractivity contribution is -0.122. The monoisotopic (exact) mass is 290 g/mol. The summed E-state index contributed by atoms with van der Waals surface area (Å²) in [6.45, 7) is 2.23. The molecule has 1 aliphatic rings. The molecular formula is C16H22N2OS. The van der Waals surface area contributed by atoms with Crippen molar-refractivity contribution in [3.63, 3.8) is 0 Å². The number of nitrogens with one attached hydrogen (secondary N) is 1. The molecule has 1 amide bonds. The second kappa shape index (κ2) is 6.35. The number of amides is 1. The molecule has 1 fully saturated rings. The second-order valence-corrected chi connectivity index (χ2v) is 6.28. The predicted molar refractivity (Wildman–Crippen MR) is 85.4 cm³/mol. The quantitative estimate of drug-likeness (QED) is 0.838. The van der Waals surface area contributed by atoms with Crippen LogP contribution in [-0.4, -0.2) is 16.4 Å². The Morgan fingerprint density at radius 3 is 2.50 bits per heavy atom. The van der Waals surface area contributed by atoms with Gasteiger partial charge in [-0.15, -0.1) is 0 Å². The van der Waals surface area contributed by atoms with Crippen molar-refractivity contribution in [3.8, 4) is 0 Å². The first-order valence-corrected chi connectivity index (χ1v) is 7.57.